The van der Waals surface area contributed by atoms with Gasteiger partial charge in [0.05, 0.1) is 6.10 Å². The van der Waals surface area contributed by atoms with Crippen LogP contribution in [0.4, 0.5) is 4.79 Å². The van der Waals surface area contributed by atoms with E-state index in [1.807, 2.05) is 84.9 Å². The number of aliphatic hydroxyl groups excluding tert-OH is 1. The summed E-state index contributed by atoms with van der Waals surface area (Å²) in [6, 6.07) is 40.5. The topological polar surface area (TPSA) is 52.6 Å². The lowest BCUT2D eigenvalue weighted by Gasteiger charge is -2.37. The van der Waals surface area contributed by atoms with Crippen LogP contribution in [-0.4, -0.2) is 41.8 Å². The Morgan fingerprint density at radius 2 is 1.05 bits per heavy atom. The van der Waals surface area contributed by atoms with E-state index in [4.69, 9.17) is 7.85 Å². The first-order chi connectivity index (χ1) is 18.6. The fourth-order valence-electron chi connectivity index (χ4n) is 5.03. The molecule has 5 heteroatoms. The summed E-state index contributed by atoms with van der Waals surface area (Å²) in [5.74, 6) is -0.580. The van der Waals surface area contributed by atoms with E-state index in [0.29, 0.717) is 32.4 Å². The van der Waals surface area contributed by atoms with E-state index in [-0.39, 0.29) is 12.1 Å². The average molecular weight is 502 g/mol. The molecule has 1 amide bonds. The van der Waals surface area contributed by atoms with Crippen molar-refractivity contribution < 1.29 is 9.90 Å². The first-order valence-electron chi connectivity index (χ1n) is 13.2. The molecule has 2 radical (unpaired) electrons. The van der Waals surface area contributed by atoms with E-state index >= 15 is 0 Å². The van der Waals surface area contributed by atoms with Crippen molar-refractivity contribution in [2.45, 2.75) is 50.5 Å². The molecule has 2 N–H and O–H groups in total. The predicted octanol–water partition coefficient (Wildman–Crippen LogP) is 5.54. The van der Waals surface area contributed by atoms with E-state index in [1.54, 1.807) is 0 Å². The number of carbonyl (C=O) groups excluding carboxylic acids is 1. The van der Waals surface area contributed by atoms with Crippen molar-refractivity contribution in [2.24, 2.45) is 0 Å². The summed E-state index contributed by atoms with van der Waals surface area (Å²) in [5.41, 5.74) is 4.61. The predicted molar refractivity (Wildman–Crippen MR) is 155 cm³/mol. The minimum Gasteiger partial charge on any atom is -0.391 e. The number of nitrogens with zero attached hydrogens (tertiary/aromatic N) is 1. The summed E-state index contributed by atoms with van der Waals surface area (Å²) < 4.78 is 0. The van der Waals surface area contributed by atoms with Crippen LogP contribution in [0.3, 0.4) is 0 Å². The normalized spacial score (nSPS) is 13.5. The molecule has 4 rings (SSSR count). The van der Waals surface area contributed by atoms with Crippen molar-refractivity contribution in [1.82, 2.24) is 10.2 Å². The standard InChI is InChI=1S/C33H35BN2O2/c34-33(38)35-30(21-26-13-5-1-6-14-26)23-32(37)31(22-27-15-7-2-8-16-27)36(24-28-17-9-3-10-18-28)25-29-19-11-4-12-20-29/h1-20,30-32,37H,21-25H2,(H,35,38)/t30-,31+,32-/m0/s1. The third kappa shape index (κ3) is 8.72. The quantitative estimate of drug-likeness (QED) is 0.236. The van der Waals surface area contributed by atoms with Gasteiger partial charge < -0.3 is 10.4 Å². The summed E-state index contributed by atoms with van der Waals surface area (Å²) in [5, 5.41) is 14.7. The second kappa shape index (κ2) is 14.3. The highest BCUT2D eigenvalue weighted by atomic mass is 16.3. The number of hydrogen-bond donors (Lipinski definition) is 2. The Morgan fingerprint density at radius 3 is 1.47 bits per heavy atom. The first-order valence-corrected chi connectivity index (χ1v) is 13.2. The van der Waals surface area contributed by atoms with E-state index in [0.717, 1.165) is 11.1 Å². The van der Waals surface area contributed by atoms with Gasteiger partial charge in [-0.3, -0.25) is 9.69 Å². The van der Waals surface area contributed by atoms with Crippen molar-refractivity contribution >= 4 is 13.7 Å². The van der Waals surface area contributed by atoms with Crippen molar-refractivity contribution in [1.29, 1.82) is 0 Å². The van der Waals surface area contributed by atoms with Crippen LogP contribution in [0.25, 0.3) is 0 Å². The molecule has 0 heterocycles. The zero-order valence-electron chi connectivity index (χ0n) is 21.7. The molecule has 0 aliphatic heterocycles. The van der Waals surface area contributed by atoms with Crippen molar-refractivity contribution in [3.63, 3.8) is 0 Å². The number of rotatable bonds is 13. The van der Waals surface area contributed by atoms with Gasteiger partial charge in [0.25, 0.3) is 0 Å². The van der Waals surface area contributed by atoms with E-state index in [9.17, 15) is 9.90 Å². The molecule has 4 aromatic rings. The molecule has 0 spiro atoms. The molecular weight excluding hydrogens is 467 g/mol. The van der Waals surface area contributed by atoms with E-state index in [2.05, 4.69) is 46.6 Å². The Kier molecular flexibility index (Phi) is 10.3. The van der Waals surface area contributed by atoms with Gasteiger partial charge in [-0.05, 0) is 41.5 Å². The Bertz CT molecular complexity index is 1180. The molecule has 3 atom stereocenters. The number of hydrogen-bond acceptors (Lipinski definition) is 3. The minimum absolute atomic E-state index is 0.189. The van der Waals surface area contributed by atoms with Crippen LogP contribution in [0.1, 0.15) is 28.7 Å². The maximum atomic E-state index is 11.9. The molecule has 38 heavy (non-hydrogen) atoms. The molecule has 0 saturated carbocycles. The summed E-state index contributed by atoms with van der Waals surface area (Å²) in [6.45, 7) is 1.38. The van der Waals surface area contributed by atoms with Gasteiger partial charge in [0.15, 0.2) is 5.81 Å². The lowest BCUT2D eigenvalue weighted by atomic mass is 9.91. The molecule has 0 aliphatic carbocycles. The van der Waals surface area contributed by atoms with Crippen LogP contribution < -0.4 is 5.32 Å². The zero-order chi connectivity index (χ0) is 26.6. The van der Waals surface area contributed by atoms with E-state index in [1.165, 1.54) is 11.1 Å². The number of carbonyl (C=O) groups is 1. The molecule has 4 aromatic carbocycles. The Balaban J connectivity index is 1.63. The second-order valence-corrected chi connectivity index (χ2v) is 9.83. The Hall–Kier alpha value is -3.67. The van der Waals surface area contributed by atoms with Gasteiger partial charge in [0.1, 0.15) is 0 Å². The zero-order valence-corrected chi connectivity index (χ0v) is 21.7. The summed E-state index contributed by atoms with van der Waals surface area (Å²) in [6.07, 6.45) is 0.949. The minimum atomic E-state index is -0.705. The third-order valence-corrected chi connectivity index (χ3v) is 6.86. The van der Waals surface area contributed by atoms with Gasteiger partial charge in [0.2, 0.25) is 7.85 Å². The van der Waals surface area contributed by atoms with Gasteiger partial charge in [0, 0.05) is 25.2 Å². The molecule has 0 unspecified atom stereocenters. The SMILES string of the molecule is [B]C(=O)N[C@@H](Cc1ccccc1)C[C@H](O)[C@@H](Cc1ccccc1)N(Cc1ccccc1)Cc1ccccc1. The van der Waals surface area contributed by atoms with E-state index < -0.39 is 11.9 Å². The van der Waals surface area contributed by atoms with Crippen LogP contribution >= 0.6 is 0 Å². The molecule has 0 saturated heterocycles. The van der Waals surface area contributed by atoms with Gasteiger partial charge >= 0.3 is 0 Å². The maximum Gasteiger partial charge on any atom is 0.200 e. The smallest absolute Gasteiger partial charge is 0.200 e. The van der Waals surface area contributed by atoms with Crippen LogP contribution in [-0.2, 0) is 25.9 Å². The average Bonchev–Trinajstić information content (AvgIpc) is 2.93. The van der Waals surface area contributed by atoms with Gasteiger partial charge in [-0.1, -0.05) is 121 Å². The van der Waals surface area contributed by atoms with Gasteiger partial charge in [-0.15, -0.1) is 0 Å². The van der Waals surface area contributed by atoms with Crippen LogP contribution in [0.15, 0.2) is 121 Å². The highest BCUT2D eigenvalue weighted by molar-refractivity contribution is 6.57. The number of aliphatic hydroxyl groups is 1. The summed E-state index contributed by atoms with van der Waals surface area (Å²) in [7, 11) is 5.54. The van der Waals surface area contributed by atoms with Crippen molar-refractivity contribution in [2.75, 3.05) is 0 Å². The Labute approximate surface area is 227 Å². The molecular formula is C33H35BN2O2. The monoisotopic (exact) mass is 502 g/mol. The molecule has 0 fully saturated rings. The summed E-state index contributed by atoms with van der Waals surface area (Å²) >= 11 is 0. The Morgan fingerprint density at radius 1 is 0.658 bits per heavy atom. The van der Waals surface area contributed by atoms with Crippen molar-refractivity contribution in [3.8, 4) is 0 Å². The lowest BCUT2D eigenvalue weighted by Crippen LogP contribution is -2.48. The highest BCUT2D eigenvalue weighted by Gasteiger charge is 2.29. The molecule has 0 bridgehead atoms. The fourth-order valence-corrected chi connectivity index (χ4v) is 5.03. The lowest BCUT2D eigenvalue weighted by molar-refractivity contribution is 0.0287. The van der Waals surface area contributed by atoms with Crippen LogP contribution in [0.5, 0.6) is 0 Å². The fraction of sp³-hybridized carbons (Fsp3) is 0.242. The number of nitrogens with one attached hydrogen (secondary N) is 1. The summed E-state index contributed by atoms with van der Waals surface area (Å²) in [4.78, 5) is 14.2. The largest absolute Gasteiger partial charge is 0.391 e. The van der Waals surface area contributed by atoms with Gasteiger partial charge in [-0.25, -0.2) is 0 Å². The van der Waals surface area contributed by atoms with Crippen LogP contribution in [0, 0.1) is 0 Å². The van der Waals surface area contributed by atoms with Crippen molar-refractivity contribution in [3.05, 3.63) is 144 Å². The third-order valence-electron chi connectivity index (χ3n) is 6.86. The maximum absolute atomic E-state index is 11.9. The van der Waals surface area contributed by atoms with Gasteiger partial charge in [-0.2, -0.15) is 0 Å². The highest BCUT2D eigenvalue weighted by Crippen LogP contribution is 2.22. The second-order valence-electron chi connectivity index (χ2n) is 9.83. The number of benzene rings is 4. The van der Waals surface area contributed by atoms with Crippen LogP contribution in [0.2, 0.25) is 0 Å². The molecule has 192 valence electrons. The molecule has 0 aromatic heterocycles. The molecule has 4 nitrogen and oxygen atoms in total. The number of amides is 1. The first kappa shape index (κ1) is 27.4. The molecule has 0 aliphatic rings.